The Morgan fingerprint density at radius 3 is 1.90 bits per heavy atom. The molecule has 30 heavy (non-hydrogen) atoms. The van der Waals surface area contributed by atoms with Gasteiger partial charge in [-0.25, -0.2) is 0 Å². The lowest BCUT2D eigenvalue weighted by Gasteiger charge is -2.14. The van der Waals surface area contributed by atoms with Gasteiger partial charge in [-0.1, -0.05) is 120 Å². The SMILES string of the molecule is C=C(c1cc(CCCCCC)cc(CCCCCC)c1)c1cccc2ccccc12. The second-order valence-corrected chi connectivity index (χ2v) is 8.66. The van der Waals surface area contributed by atoms with Gasteiger partial charge in [-0.3, -0.25) is 0 Å². The number of rotatable bonds is 12. The molecule has 0 heterocycles. The Labute approximate surface area is 184 Å². The number of fused-ring (bicyclic) bond motifs is 1. The molecule has 0 spiro atoms. The fourth-order valence-corrected chi connectivity index (χ4v) is 4.38. The zero-order chi connectivity index (χ0) is 21.2. The Kier molecular flexibility index (Phi) is 8.75. The van der Waals surface area contributed by atoms with E-state index in [0.29, 0.717) is 0 Å². The van der Waals surface area contributed by atoms with E-state index in [0.717, 1.165) is 5.57 Å². The molecule has 0 unspecified atom stereocenters. The molecule has 0 N–H and O–H groups in total. The molecule has 158 valence electrons. The molecule has 0 saturated heterocycles. The van der Waals surface area contributed by atoms with Crippen LogP contribution in [0.15, 0.2) is 67.2 Å². The van der Waals surface area contributed by atoms with Crippen LogP contribution in [-0.4, -0.2) is 0 Å². The van der Waals surface area contributed by atoms with Gasteiger partial charge in [-0.15, -0.1) is 0 Å². The quantitative estimate of drug-likeness (QED) is 0.267. The van der Waals surface area contributed by atoms with Crippen molar-refractivity contribution in [2.45, 2.75) is 78.1 Å². The summed E-state index contributed by atoms with van der Waals surface area (Å²) in [4.78, 5) is 0. The maximum absolute atomic E-state index is 4.55. The van der Waals surface area contributed by atoms with Crippen LogP contribution in [0, 0.1) is 0 Å². The van der Waals surface area contributed by atoms with Gasteiger partial charge in [0.1, 0.15) is 0 Å². The number of hydrogen-bond acceptors (Lipinski definition) is 0. The molecule has 0 radical (unpaired) electrons. The van der Waals surface area contributed by atoms with E-state index < -0.39 is 0 Å². The lowest BCUT2D eigenvalue weighted by molar-refractivity contribution is 0.661. The summed E-state index contributed by atoms with van der Waals surface area (Å²) in [7, 11) is 0. The first-order chi connectivity index (χ1) is 14.7. The molecule has 0 atom stereocenters. The van der Waals surface area contributed by atoms with E-state index in [1.54, 1.807) is 0 Å². The van der Waals surface area contributed by atoms with Crippen LogP contribution in [0.4, 0.5) is 0 Å². The summed E-state index contributed by atoms with van der Waals surface area (Å²) >= 11 is 0. The summed E-state index contributed by atoms with van der Waals surface area (Å²) in [5.41, 5.74) is 6.67. The average molecular weight is 399 g/mol. The predicted molar refractivity (Wildman–Crippen MR) is 134 cm³/mol. The van der Waals surface area contributed by atoms with Crippen LogP contribution in [0.1, 0.15) is 87.5 Å². The highest BCUT2D eigenvalue weighted by Gasteiger charge is 2.10. The van der Waals surface area contributed by atoms with Crippen molar-refractivity contribution in [3.63, 3.8) is 0 Å². The minimum Gasteiger partial charge on any atom is -0.0905 e. The summed E-state index contributed by atoms with van der Waals surface area (Å²) in [6.07, 6.45) is 12.9. The first kappa shape index (κ1) is 22.3. The summed E-state index contributed by atoms with van der Waals surface area (Å²) in [6, 6.07) is 22.5. The van der Waals surface area contributed by atoms with Crippen molar-refractivity contribution < 1.29 is 0 Å². The molecule has 0 aliphatic rings. The largest absolute Gasteiger partial charge is 0.0905 e. The van der Waals surface area contributed by atoms with Crippen molar-refractivity contribution in [2.75, 3.05) is 0 Å². The second-order valence-electron chi connectivity index (χ2n) is 8.66. The lowest BCUT2D eigenvalue weighted by atomic mass is 9.90. The topological polar surface area (TPSA) is 0 Å². The van der Waals surface area contributed by atoms with E-state index in [1.807, 2.05) is 0 Å². The summed E-state index contributed by atoms with van der Waals surface area (Å²) in [6.45, 7) is 9.11. The van der Waals surface area contributed by atoms with E-state index in [2.05, 4.69) is 81.1 Å². The van der Waals surface area contributed by atoms with Crippen molar-refractivity contribution >= 4 is 16.3 Å². The van der Waals surface area contributed by atoms with Gasteiger partial charge in [0, 0.05) is 0 Å². The highest BCUT2D eigenvalue weighted by molar-refractivity contribution is 5.97. The number of unbranched alkanes of at least 4 members (excludes halogenated alkanes) is 6. The number of hydrogen-bond donors (Lipinski definition) is 0. The molecule has 3 aromatic rings. The van der Waals surface area contributed by atoms with E-state index in [1.165, 1.54) is 97.2 Å². The average Bonchev–Trinajstić information content (AvgIpc) is 2.78. The molecule has 0 nitrogen and oxygen atoms in total. The summed E-state index contributed by atoms with van der Waals surface area (Å²) in [5.74, 6) is 0. The number of aryl methyl sites for hydroxylation is 2. The third-order valence-electron chi connectivity index (χ3n) is 6.15. The smallest absolute Gasteiger partial charge is 0.0105 e. The van der Waals surface area contributed by atoms with Crippen molar-refractivity contribution in [1.29, 1.82) is 0 Å². The van der Waals surface area contributed by atoms with Crippen molar-refractivity contribution in [3.05, 3.63) is 89.5 Å². The molecule has 0 aliphatic heterocycles. The lowest BCUT2D eigenvalue weighted by Crippen LogP contribution is -1.96. The van der Waals surface area contributed by atoms with Crippen molar-refractivity contribution in [3.8, 4) is 0 Å². The van der Waals surface area contributed by atoms with Gasteiger partial charge in [0.2, 0.25) is 0 Å². The Morgan fingerprint density at radius 2 is 1.27 bits per heavy atom. The highest BCUT2D eigenvalue weighted by atomic mass is 14.1. The summed E-state index contributed by atoms with van der Waals surface area (Å²) < 4.78 is 0. The Balaban J connectivity index is 1.87. The van der Waals surface area contributed by atoms with E-state index in [-0.39, 0.29) is 0 Å². The second kappa shape index (κ2) is 11.7. The zero-order valence-electron chi connectivity index (χ0n) is 19.1. The van der Waals surface area contributed by atoms with Crippen LogP contribution < -0.4 is 0 Å². The molecular formula is C30H38. The Bertz CT molecular complexity index is 912. The van der Waals surface area contributed by atoms with E-state index in [9.17, 15) is 0 Å². The molecular weight excluding hydrogens is 360 g/mol. The van der Waals surface area contributed by atoms with Gasteiger partial charge < -0.3 is 0 Å². The third kappa shape index (κ3) is 6.08. The molecule has 3 rings (SSSR count). The zero-order valence-corrected chi connectivity index (χ0v) is 19.1. The van der Waals surface area contributed by atoms with Crippen LogP contribution in [-0.2, 0) is 12.8 Å². The normalized spacial score (nSPS) is 11.1. The first-order valence-corrected chi connectivity index (χ1v) is 12.0. The van der Waals surface area contributed by atoms with Crippen LogP contribution in [0.2, 0.25) is 0 Å². The van der Waals surface area contributed by atoms with Gasteiger partial charge in [0.25, 0.3) is 0 Å². The predicted octanol–water partition coefficient (Wildman–Crippen LogP) is 9.15. The van der Waals surface area contributed by atoms with E-state index >= 15 is 0 Å². The highest BCUT2D eigenvalue weighted by Crippen LogP contribution is 2.30. The maximum atomic E-state index is 4.55. The van der Waals surface area contributed by atoms with Gasteiger partial charge in [-0.2, -0.15) is 0 Å². The molecule has 0 amide bonds. The van der Waals surface area contributed by atoms with Crippen LogP contribution in [0.25, 0.3) is 16.3 Å². The molecule has 0 aliphatic carbocycles. The first-order valence-electron chi connectivity index (χ1n) is 12.0. The van der Waals surface area contributed by atoms with Crippen molar-refractivity contribution in [2.24, 2.45) is 0 Å². The fourth-order valence-electron chi connectivity index (χ4n) is 4.38. The fraction of sp³-hybridized carbons (Fsp3) is 0.400. The minimum absolute atomic E-state index is 1.15. The third-order valence-corrected chi connectivity index (χ3v) is 6.15. The maximum Gasteiger partial charge on any atom is -0.0105 e. The number of benzene rings is 3. The molecule has 3 aromatic carbocycles. The van der Waals surface area contributed by atoms with Crippen LogP contribution in [0.3, 0.4) is 0 Å². The van der Waals surface area contributed by atoms with Crippen molar-refractivity contribution in [1.82, 2.24) is 0 Å². The van der Waals surface area contributed by atoms with Gasteiger partial charge in [-0.05, 0) is 64.3 Å². The van der Waals surface area contributed by atoms with Gasteiger partial charge in [0.05, 0.1) is 0 Å². The van der Waals surface area contributed by atoms with Gasteiger partial charge >= 0.3 is 0 Å². The van der Waals surface area contributed by atoms with Gasteiger partial charge in [0.15, 0.2) is 0 Å². The molecule has 0 fully saturated rings. The standard InChI is InChI=1S/C30H38/c1-4-6-8-10-15-25-21-26(16-11-9-7-5-2)23-28(22-25)24(3)29-20-14-18-27-17-12-13-19-30(27)29/h12-14,17-23H,3-11,15-16H2,1-2H3. The Morgan fingerprint density at radius 1 is 0.667 bits per heavy atom. The molecule has 0 bridgehead atoms. The van der Waals surface area contributed by atoms with Crippen LogP contribution >= 0.6 is 0 Å². The molecule has 0 saturated carbocycles. The molecule has 0 aromatic heterocycles. The molecule has 0 heteroatoms. The minimum atomic E-state index is 1.15. The van der Waals surface area contributed by atoms with E-state index in [4.69, 9.17) is 0 Å². The monoisotopic (exact) mass is 398 g/mol. The van der Waals surface area contributed by atoms with Crippen LogP contribution in [0.5, 0.6) is 0 Å². The Hall–Kier alpha value is -2.34. The summed E-state index contributed by atoms with van der Waals surface area (Å²) in [5, 5.41) is 2.58.